The van der Waals surface area contributed by atoms with Crippen LogP contribution in [0.4, 0.5) is 5.69 Å². The highest BCUT2D eigenvalue weighted by atomic mass is 32.2. The van der Waals surface area contributed by atoms with E-state index in [0.717, 1.165) is 5.56 Å². The molecule has 0 spiro atoms. The zero-order valence-electron chi connectivity index (χ0n) is 12.2. The van der Waals surface area contributed by atoms with Crippen LogP contribution in [0.25, 0.3) is 0 Å². The van der Waals surface area contributed by atoms with Gasteiger partial charge in [-0.1, -0.05) is 12.1 Å². The standard InChI is InChI=1S/C14H22N2O4S/c1-20-7-3-8-21(18,19)9-6-14(17)16-13-5-2-4-12(10-13)11-15/h2,4-5,10H,3,6-9,11,15H2,1H3,(H,16,17). The summed E-state index contributed by atoms with van der Waals surface area (Å²) in [5.41, 5.74) is 7.05. The van der Waals surface area contributed by atoms with Crippen LogP contribution in [0, 0.1) is 0 Å². The van der Waals surface area contributed by atoms with Crippen molar-refractivity contribution < 1.29 is 17.9 Å². The summed E-state index contributed by atoms with van der Waals surface area (Å²) < 4.78 is 28.2. The lowest BCUT2D eigenvalue weighted by Gasteiger charge is -2.07. The van der Waals surface area contributed by atoms with Gasteiger partial charge >= 0.3 is 0 Å². The zero-order valence-corrected chi connectivity index (χ0v) is 13.0. The molecule has 0 aliphatic heterocycles. The van der Waals surface area contributed by atoms with Gasteiger partial charge < -0.3 is 15.8 Å². The van der Waals surface area contributed by atoms with Crippen LogP contribution in [-0.4, -0.2) is 39.5 Å². The van der Waals surface area contributed by atoms with Crippen molar-refractivity contribution >= 4 is 21.4 Å². The average molecular weight is 314 g/mol. The summed E-state index contributed by atoms with van der Waals surface area (Å²) >= 11 is 0. The molecule has 0 aromatic heterocycles. The molecule has 3 N–H and O–H groups in total. The number of hydrogen-bond donors (Lipinski definition) is 2. The first-order valence-electron chi connectivity index (χ1n) is 6.75. The Morgan fingerprint density at radius 2 is 2.10 bits per heavy atom. The van der Waals surface area contributed by atoms with Crippen molar-refractivity contribution in [3.63, 3.8) is 0 Å². The van der Waals surface area contributed by atoms with Crippen LogP contribution in [0.5, 0.6) is 0 Å². The number of ether oxygens (including phenoxy) is 1. The summed E-state index contributed by atoms with van der Waals surface area (Å²) in [7, 11) is -1.69. The molecule has 0 unspecified atom stereocenters. The van der Waals surface area contributed by atoms with Crippen molar-refractivity contribution in [1.29, 1.82) is 0 Å². The van der Waals surface area contributed by atoms with Gasteiger partial charge in [-0.2, -0.15) is 0 Å². The topological polar surface area (TPSA) is 98.5 Å². The average Bonchev–Trinajstić information content (AvgIpc) is 2.46. The van der Waals surface area contributed by atoms with E-state index in [1.165, 1.54) is 7.11 Å². The van der Waals surface area contributed by atoms with Gasteiger partial charge in [0.05, 0.1) is 11.5 Å². The number of amides is 1. The largest absolute Gasteiger partial charge is 0.385 e. The fourth-order valence-electron chi connectivity index (χ4n) is 1.77. The van der Waals surface area contributed by atoms with Crippen LogP contribution in [0.3, 0.4) is 0 Å². The van der Waals surface area contributed by atoms with E-state index in [4.69, 9.17) is 10.5 Å². The Morgan fingerprint density at radius 1 is 1.33 bits per heavy atom. The minimum Gasteiger partial charge on any atom is -0.385 e. The zero-order chi connectivity index (χ0) is 15.7. The molecule has 0 fully saturated rings. The first-order chi connectivity index (χ1) is 9.96. The van der Waals surface area contributed by atoms with Gasteiger partial charge in [0.25, 0.3) is 0 Å². The molecular weight excluding hydrogens is 292 g/mol. The molecule has 118 valence electrons. The first kappa shape index (κ1) is 17.6. The van der Waals surface area contributed by atoms with Gasteiger partial charge in [0.2, 0.25) is 5.91 Å². The number of benzene rings is 1. The maximum Gasteiger partial charge on any atom is 0.225 e. The number of nitrogens with two attached hydrogens (primary N) is 1. The summed E-state index contributed by atoms with van der Waals surface area (Å²) in [5.74, 6) is -0.435. The smallest absolute Gasteiger partial charge is 0.225 e. The summed E-state index contributed by atoms with van der Waals surface area (Å²) in [6.07, 6.45) is 0.390. The van der Waals surface area contributed by atoms with Crippen LogP contribution >= 0.6 is 0 Å². The van der Waals surface area contributed by atoms with Crippen molar-refractivity contribution in [3.8, 4) is 0 Å². The Kier molecular flexibility index (Phi) is 7.35. The highest BCUT2D eigenvalue weighted by Gasteiger charge is 2.13. The van der Waals surface area contributed by atoms with Crippen LogP contribution in [0.1, 0.15) is 18.4 Å². The number of carbonyl (C=O) groups is 1. The van der Waals surface area contributed by atoms with Crippen molar-refractivity contribution in [2.75, 3.05) is 30.5 Å². The summed E-state index contributed by atoms with van der Waals surface area (Å²) in [6.45, 7) is 0.787. The second kappa shape index (κ2) is 8.76. The molecule has 0 radical (unpaired) electrons. The fraction of sp³-hybridized carbons (Fsp3) is 0.500. The molecule has 0 bridgehead atoms. The molecule has 0 saturated carbocycles. The van der Waals surface area contributed by atoms with Gasteiger partial charge in [0, 0.05) is 32.4 Å². The van der Waals surface area contributed by atoms with Gasteiger partial charge in [0.15, 0.2) is 9.84 Å². The first-order valence-corrected chi connectivity index (χ1v) is 8.57. The Bertz CT molecular complexity index is 558. The third-order valence-corrected chi connectivity index (χ3v) is 4.63. The van der Waals surface area contributed by atoms with Crippen LogP contribution in [-0.2, 0) is 25.9 Å². The van der Waals surface area contributed by atoms with Crippen molar-refractivity contribution in [2.45, 2.75) is 19.4 Å². The van der Waals surface area contributed by atoms with Gasteiger partial charge in [-0.25, -0.2) is 8.42 Å². The third-order valence-electron chi connectivity index (χ3n) is 2.89. The summed E-state index contributed by atoms with van der Waals surface area (Å²) in [4.78, 5) is 11.8. The normalized spacial score (nSPS) is 11.3. The molecule has 1 aromatic carbocycles. The highest BCUT2D eigenvalue weighted by Crippen LogP contribution is 2.10. The number of hydrogen-bond acceptors (Lipinski definition) is 5. The number of methoxy groups -OCH3 is 1. The van der Waals surface area contributed by atoms with E-state index in [-0.39, 0.29) is 23.8 Å². The number of carbonyl (C=O) groups excluding carboxylic acids is 1. The monoisotopic (exact) mass is 314 g/mol. The Hall–Kier alpha value is -1.44. The van der Waals surface area contributed by atoms with Crippen LogP contribution in [0.2, 0.25) is 0 Å². The van der Waals surface area contributed by atoms with Gasteiger partial charge in [-0.3, -0.25) is 4.79 Å². The van der Waals surface area contributed by atoms with Gasteiger partial charge in [0.1, 0.15) is 0 Å². The predicted molar refractivity (Wildman–Crippen MR) is 82.7 cm³/mol. The van der Waals surface area contributed by atoms with E-state index in [1.807, 2.05) is 6.07 Å². The van der Waals surface area contributed by atoms with Crippen molar-refractivity contribution in [2.24, 2.45) is 5.73 Å². The van der Waals surface area contributed by atoms with E-state index in [2.05, 4.69) is 5.32 Å². The number of rotatable bonds is 9. The second-order valence-corrected chi connectivity index (χ2v) is 7.00. The molecule has 0 aliphatic rings. The van der Waals surface area contributed by atoms with Gasteiger partial charge in [-0.15, -0.1) is 0 Å². The SMILES string of the molecule is COCCCS(=O)(=O)CCC(=O)Nc1cccc(CN)c1. The van der Waals surface area contributed by atoms with E-state index in [1.54, 1.807) is 18.2 Å². The van der Waals surface area contributed by atoms with Crippen molar-refractivity contribution in [1.82, 2.24) is 0 Å². The van der Waals surface area contributed by atoms with E-state index in [0.29, 0.717) is 25.3 Å². The molecule has 0 saturated heterocycles. The predicted octanol–water partition coefficient (Wildman–Crippen LogP) is 0.925. The maximum atomic E-state index is 11.8. The molecule has 0 atom stereocenters. The Morgan fingerprint density at radius 3 is 2.76 bits per heavy atom. The van der Waals surface area contributed by atoms with Crippen LogP contribution in [0.15, 0.2) is 24.3 Å². The minimum absolute atomic E-state index is 0.0385. The fourth-order valence-corrected chi connectivity index (χ4v) is 3.03. The molecule has 21 heavy (non-hydrogen) atoms. The third kappa shape index (κ3) is 7.22. The quantitative estimate of drug-likeness (QED) is 0.661. The lowest BCUT2D eigenvalue weighted by molar-refractivity contribution is -0.115. The summed E-state index contributed by atoms with van der Waals surface area (Å²) in [6, 6.07) is 7.16. The van der Waals surface area contributed by atoms with Gasteiger partial charge in [-0.05, 0) is 24.1 Å². The minimum atomic E-state index is -3.21. The molecule has 0 heterocycles. The Labute approximate surface area is 125 Å². The molecule has 1 amide bonds. The second-order valence-electron chi connectivity index (χ2n) is 4.70. The lowest BCUT2D eigenvalue weighted by Crippen LogP contribution is -2.19. The molecule has 0 aliphatic carbocycles. The molecular formula is C14H22N2O4S. The van der Waals surface area contributed by atoms with Crippen LogP contribution < -0.4 is 11.1 Å². The number of nitrogens with one attached hydrogen (secondary N) is 1. The van der Waals surface area contributed by atoms with E-state index in [9.17, 15) is 13.2 Å². The highest BCUT2D eigenvalue weighted by molar-refractivity contribution is 7.91. The molecule has 6 nitrogen and oxygen atoms in total. The van der Waals surface area contributed by atoms with E-state index >= 15 is 0 Å². The maximum absolute atomic E-state index is 11.8. The summed E-state index contributed by atoms with van der Waals surface area (Å²) in [5, 5.41) is 2.67. The number of sulfone groups is 1. The lowest BCUT2D eigenvalue weighted by atomic mass is 10.2. The molecule has 7 heteroatoms. The van der Waals surface area contributed by atoms with Crippen molar-refractivity contribution in [3.05, 3.63) is 29.8 Å². The number of anilines is 1. The Balaban J connectivity index is 2.43. The molecule has 1 aromatic rings. The molecule has 1 rings (SSSR count). The van der Waals surface area contributed by atoms with E-state index < -0.39 is 9.84 Å².